The molecule has 1 saturated carbocycles. The van der Waals surface area contributed by atoms with Gasteiger partial charge in [-0.3, -0.25) is 4.79 Å². The van der Waals surface area contributed by atoms with Gasteiger partial charge in [0, 0.05) is 28.8 Å². The molecule has 0 aliphatic heterocycles. The van der Waals surface area contributed by atoms with Crippen molar-refractivity contribution >= 4 is 22.5 Å². The number of nitrogens with one attached hydrogen (secondary N) is 2. The molecule has 1 atom stereocenters. The van der Waals surface area contributed by atoms with Crippen LogP contribution in [-0.2, 0) is 0 Å². The number of nitrogen functional groups attached to an aromatic ring is 1. The van der Waals surface area contributed by atoms with Gasteiger partial charge in [-0.1, -0.05) is 13.8 Å². The van der Waals surface area contributed by atoms with Crippen molar-refractivity contribution in [3.63, 3.8) is 0 Å². The van der Waals surface area contributed by atoms with Crippen LogP contribution in [0.15, 0.2) is 24.4 Å². The fourth-order valence-corrected chi connectivity index (χ4v) is 3.15. The van der Waals surface area contributed by atoms with E-state index in [0.29, 0.717) is 16.7 Å². The third-order valence-corrected chi connectivity index (χ3v) is 4.25. The number of H-pyrrole nitrogens is 1. The first-order chi connectivity index (χ1) is 9.44. The van der Waals surface area contributed by atoms with E-state index in [4.69, 9.17) is 5.73 Å². The van der Waals surface area contributed by atoms with E-state index in [-0.39, 0.29) is 11.9 Å². The minimum atomic E-state index is -0.00968. The van der Waals surface area contributed by atoms with E-state index in [1.165, 1.54) is 6.42 Å². The Morgan fingerprint density at radius 1 is 1.45 bits per heavy atom. The molecule has 20 heavy (non-hydrogen) atoms. The van der Waals surface area contributed by atoms with E-state index in [1.54, 1.807) is 6.20 Å². The van der Waals surface area contributed by atoms with E-state index < -0.39 is 0 Å². The molecule has 0 bridgehead atoms. The highest BCUT2D eigenvalue weighted by Gasteiger charge is 2.32. The average Bonchev–Trinajstić information content (AvgIpc) is 2.92. The van der Waals surface area contributed by atoms with Gasteiger partial charge < -0.3 is 16.0 Å². The number of aromatic nitrogens is 1. The summed E-state index contributed by atoms with van der Waals surface area (Å²) in [5.41, 5.74) is 8.43. The number of fused-ring (bicyclic) bond motifs is 1. The predicted octanol–water partition coefficient (Wildman–Crippen LogP) is 3.06. The van der Waals surface area contributed by atoms with Crippen molar-refractivity contribution in [2.24, 2.45) is 5.41 Å². The second kappa shape index (κ2) is 4.54. The Morgan fingerprint density at radius 3 is 2.95 bits per heavy atom. The molecule has 1 amide bonds. The molecule has 4 nitrogen and oxygen atoms in total. The zero-order chi connectivity index (χ0) is 14.3. The molecule has 0 spiro atoms. The summed E-state index contributed by atoms with van der Waals surface area (Å²) in [5, 5.41) is 4.04. The van der Waals surface area contributed by atoms with Crippen molar-refractivity contribution in [2.75, 3.05) is 5.73 Å². The van der Waals surface area contributed by atoms with Crippen molar-refractivity contribution < 1.29 is 4.79 Å². The molecule has 1 fully saturated rings. The van der Waals surface area contributed by atoms with Crippen LogP contribution in [0.1, 0.15) is 43.5 Å². The fraction of sp³-hybridized carbons (Fsp3) is 0.438. The summed E-state index contributed by atoms with van der Waals surface area (Å²) in [4.78, 5) is 15.5. The number of benzene rings is 1. The molecule has 1 aliphatic rings. The highest BCUT2D eigenvalue weighted by Crippen LogP contribution is 2.37. The van der Waals surface area contributed by atoms with Gasteiger partial charge in [-0.05, 0) is 42.9 Å². The summed E-state index contributed by atoms with van der Waals surface area (Å²) in [5.74, 6) is -0.00968. The second-order valence-electron chi connectivity index (χ2n) is 6.58. The first-order valence-corrected chi connectivity index (χ1v) is 7.12. The van der Waals surface area contributed by atoms with Crippen LogP contribution in [0, 0.1) is 5.41 Å². The Balaban J connectivity index is 1.81. The van der Waals surface area contributed by atoms with Gasteiger partial charge in [-0.2, -0.15) is 0 Å². The summed E-state index contributed by atoms with van der Waals surface area (Å²) in [6, 6.07) is 5.86. The maximum Gasteiger partial charge on any atom is 0.253 e. The minimum Gasteiger partial charge on any atom is -0.399 e. The SMILES string of the molecule is CC1(C)CCC(NC(=O)c2c[nH]c3ccc(N)cc23)C1. The fourth-order valence-electron chi connectivity index (χ4n) is 3.15. The molecule has 106 valence electrons. The number of hydrogen-bond acceptors (Lipinski definition) is 2. The summed E-state index contributed by atoms with van der Waals surface area (Å²) in [7, 11) is 0. The Bertz CT molecular complexity index is 657. The maximum atomic E-state index is 12.4. The lowest BCUT2D eigenvalue weighted by atomic mass is 9.92. The topological polar surface area (TPSA) is 70.9 Å². The maximum absolute atomic E-state index is 12.4. The Labute approximate surface area is 118 Å². The Kier molecular flexibility index (Phi) is 2.96. The van der Waals surface area contributed by atoms with Crippen LogP contribution in [0.5, 0.6) is 0 Å². The van der Waals surface area contributed by atoms with Gasteiger partial charge in [-0.25, -0.2) is 0 Å². The molecule has 3 rings (SSSR count). The third-order valence-electron chi connectivity index (χ3n) is 4.25. The van der Waals surface area contributed by atoms with Crippen LogP contribution in [-0.4, -0.2) is 16.9 Å². The summed E-state index contributed by atoms with van der Waals surface area (Å²) < 4.78 is 0. The molecular formula is C16H21N3O. The monoisotopic (exact) mass is 271 g/mol. The molecule has 2 aromatic rings. The number of rotatable bonds is 2. The van der Waals surface area contributed by atoms with Gasteiger partial charge in [-0.15, -0.1) is 0 Å². The Morgan fingerprint density at radius 2 is 2.25 bits per heavy atom. The van der Waals surface area contributed by atoms with Gasteiger partial charge in [0.1, 0.15) is 0 Å². The zero-order valence-corrected chi connectivity index (χ0v) is 12.0. The van der Waals surface area contributed by atoms with Gasteiger partial charge in [0.2, 0.25) is 0 Å². The van der Waals surface area contributed by atoms with E-state index in [1.807, 2.05) is 18.2 Å². The highest BCUT2D eigenvalue weighted by atomic mass is 16.1. The molecule has 1 aromatic carbocycles. The van der Waals surface area contributed by atoms with Crippen molar-refractivity contribution in [3.05, 3.63) is 30.0 Å². The molecule has 0 saturated heterocycles. The van der Waals surface area contributed by atoms with Gasteiger partial charge in [0.25, 0.3) is 5.91 Å². The standard InChI is InChI=1S/C16H21N3O/c1-16(2)6-5-11(8-16)19-15(20)13-9-18-14-4-3-10(17)7-12(13)14/h3-4,7,9,11,18H,5-6,8,17H2,1-2H3,(H,19,20). The van der Waals surface area contributed by atoms with Crippen LogP contribution >= 0.6 is 0 Å². The number of amides is 1. The lowest BCUT2D eigenvalue weighted by Crippen LogP contribution is -2.33. The van der Waals surface area contributed by atoms with Crippen LogP contribution in [0.4, 0.5) is 5.69 Å². The molecule has 4 N–H and O–H groups in total. The Hall–Kier alpha value is -1.97. The average molecular weight is 271 g/mol. The van der Waals surface area contributed by atoms with Crippen LogP contribution in [0.3, 0.4) is 0 Å². The smallest absolute Gasteiger partial charge is 0.253 e. The minimum absolute atomic E-state index is 0.00968. The highest BCUT2D eigenvalue weighted by molar-refractivity contribution is 6.07. The predicted molar refractivity (Wildman–Crippen MR) is 81.6 cm³/mol. The number of anilines is 1. The van der Waals surface area contributed by atoms with Crippen LogP contribution in [0.25, 0.3) is 10.9 Å². The molecule has 4 heteroatoms. The van der Waals surface area contributed by atoms with Gasteiger partial charge in [0.15, 0.2) is 0 Å². The number of hydrogen-bond donors (Lipinski definition) is 3. The number of nitrogens with two attached hydrogens (primary N) is 1. The normalized spacial score (nSPS) is 21.2. The number of carbonyl (C=O) groups excluding carboxylic acids is 1. The number of carbonyl (C=O) groups is 1. The third kappa shape index (κ3) is 2.38. The van der Waals surface area contributed by atoms with Gasteiger partial charge in [0.05, 0.1) is 5.56 Å². The van der Waals surface area contributed by atoms with E-state index in [9.17, 15) is 4.79 Å². The summed E-state index contributed by atoms with van der Waals surface area (Å²) >= 11 is 0. The summed E-state index contributed by atoms with van der Waals surface area (Å²) in [6.07, 6.45) is 5.03. The van der Waals surface area contributed by atoms with E-state index >= 15 is 0 Å². The van der Waals surface area contributed by atoms with Gasteiger partial charge >= 0.3 is 0 Å². The van der Waals surface area contributed by atoms with Crippen molar-refractivity contribution in [1.82, 2.24) is 10.3 Å². The molecule has 0 radical (unpaired) electrons. The van der Waals surface area contributed by atoms with Crippen molar-refractivity contribution in [2.45, 2.75) is 39.2 Å². The largest absolute Gasteiger partial charge is 0.399 e. The van der Waals surface area contributed by atoms with Crippen LogP contribution in [0.2, 0.25) is 0 Å². The van der Waals surface area contributed by atoms with E-state index in [2.05, 4.69) is 24.1 Å². The number of aromatic amines is 1. The van der Waals surface area contributed by atoms with Crippen LogP contribution < -0.4 is 11.1 Å². The first-order valence-electron chi connectivity index (χ1n) is 7.12. The van der Waals surface area contributed by atoms with Crippen molar-refractivity contribution in [1.29, 1.82) is 0 Å². The lowest BCUT2D eigenvalue weighted by molar-refractivity contribution is 0.0937. The lowest BCUT2D eigenvalue weighted by Gasteiger charge is -2.17. The molecule has 1 unspecified atom stereocenters. The summed E-state index contributed by atoms with van der Waals surface area (Å²) in [6.45, 7) is 4.51. The first kappa shape index (κ1) is 13.0. The zero-order valence-electron chi connectivity index (χ0n) is 12.0. The molecule has 1 aromatic heterocycles. The quantitative estimate of drug-likeness (QED) is 0.735. The second-order valence-corrected chi connectivity index (χ2v) is 6.58. The molecule has 1 aliphatic carbocycles. The molecular weight excluding hydrogens is 250 g/mol. The van der Waals surface area contributed by atoms with Crippen molar-refractivity contribution in [3.8, 4) is 0 Å². The molecule has 1 heterocycles. The van der Waals surface area contributed by atoms with E-state index in [0.717, 1.165) is 23.7 Å².